The lowest BCUT2D eigenvalue weighted by Gasteiger charge is -2.37. The van der Waals surface area contributed by atoms with Crippen LogP contribution in [0.2, 0.25) is 0 Å². The number of carbonyl (C=O) groups is 1. The molecule has 0 heterocycles. The minimum Gasteiger partial charge on any atom is -0.466 e. The number of benzene rings is 4. The van der Waals surface area contributed by atoms with E-state index in [1.165, 1.54) is 18.2 Å². The molecule has 0 bridgehead atoms. The van der Waals surface area contributed by atoms with E-state index in [1.807, 2.05) is 60.7 Å². The molecule has 0 amide bonds. The van der Waals surface area contributed by atoms with Crippen LogP contribution < -0.4 is 4.74 Å². The van der Waals surface area contributed by atoms with Gasteiger partial charge in [-0.25, -0.2) is 0 Å². The number of esters is 1. The van der Waals surface area contributed by atoms with E-state index < -0.39 is 6.36 Å². The van der Waals surface area contributed by atoms with Crippen LogP contribution in [0.4, 0.5) is 13.2 Å². The Morgan fingerprint density at radius 1 is 0.800 bits per heavy atom. The van der Waals surface area contributed by atoms with Crippen molar-refractivity contribution >= 4 is 5.97 Å². The molecule has 208 valence electrons. The maximum atomic E-state index is 12.9. The van der Waals surface area contributed by atoms with E-state index in [4.69, 9.17) is 4.74 Å². The monoisotopic (exact) mass is 547 g/mol. The summed E-state index contributed by atoms with van der Waals surface area (Å²) in [5, 5.41) is 0. The standard InChI is InChI=1S/C33H32F3NO3/c1-3-39-32(38)22-31(37(23-25-12-6-4-7-13-25)24(2)26-14-8-5-9-15-26)29-18-10-16-27(20-29)28-17-11-19-30(21-28)40-33(34,35)36/h4-21,24,31H,3,22-23H2,1-2H3/t24-,31+/m1/s1. The highest BCUT2D eigenvalue weighted by molar-refractivity contribution is 5.71. The maximum absolute atomic E-state index is 12.9. The van der Waals surface area contributed by atoms with Gasteiger partial charge in [0.15, 0.2) is 0 Å². The molecule has 4 aromatic carbocycles. The number of rotatable bonds is 11. The van der Waals surface area contributed by atoms with Crippen molar-refractivity contribution in [2.75, 3.05) is 6.61 Å². The first kappa shape index (κ1) is 28.9. The average Bonchev–Trinajstić information content (AvgIpc) is 2.95. The molecular weight excluding hydrogens is 515 g/mol. The highest BCUT2D eigenvalue weighted by Gasteiger charge is 2.31. The lowest BCUT2D eigenvalue weighted by Crippen LogP contribution is -2.33. The fourth-order valence-electron chi connectivity index (χ4n) is 4.84. The lowest BCUT2D eigenvalue weighted by molar-refractivity contribution is -0.274. The van der Waals surface area contributed by atoms with Gasteiger partial charge in [-0.3, -0.25) is 9.69 Å². The molecule has 0 aliphatic carbocycles. The normalized spacial score (nSPS) is 13.1. The van der Waals surface area contributed by atoms with E-state index >= 15 is 0 Å². The van der Waals surface area contributed by atoms with Crippen molar-refractivity contribution in [2.45, 2.75) is 45.3 Å². The largest absolute Gasteiger partial charge is 0.573 e. The highest BCUT2D eigenvalue weighted by Crippen LogP contribution is 2.37. The molecule has 7 heteroatoms. The van der Waals surface area contributed by atoms with Crippen molar-refractivity contribution < 1.29 is 27.4 Å². The molecule has 4 rings (SSSR count). The van der Waals surface area contributed by atoms with E-state index in [1.54, 1.807) is 13.0 Å². The summed E-state index contributed by atoms with van der Waals surface area (Å²) in [6.07, 6.45) is -4.67. The zero-order valence-electron chi connectivity index (χ0n) is 22.5. The summed E-state index contributed by atoms with van der Waals surface area (Å²) in [6, 6.07) is 33.1. The van der Waals surface area contributed by atoms with E-state index in [0.29, 0.717) is 17.7 Å². The van der Waals surface area contributed by atoms with Gasteiger partial charge in [-0.2, -0.15) is 0 Å². The predicted molar refractivity (Wildman–Crippen MR) is 149 cm³/mol. The van der Waals surface area contributed by atoms with Crippen LogP contribution in [0.15, 0.2) is 109 Å². The van der Waals surface area contributed by atoms with Gasteiger partial charge in [0, 0.05) is 18.6 Å². The lowest BCUT2D eigenvalue weighted by atomic mass is 9.94. The Hall–Kier alpha value is -4.10. The Kier molecular flexibility index (Phi) is 9.61. The van der Waals surface area contributed by atoms with Crippen LogP contribution in [0.5, 0.6) is 5.75 Å². The van der Waals surface area contributed by atoms with Gasteiger partial charge in [-0.1, -0.05) is 91.0 Å². The summed E-state index contributed by atoms with van der Waals surface area (Å²) in [6.45, 7) is 4.72. The first-order valence-corrected chi connectivity index (χ1v) is 13.2. The van der Waals surface area contributed by atoms with E-state index in [0.717, 1.165) is 16.7 Å². The van der Waals surface area contributed by atoms with Crippen LogP contribution in [0.25, 0.3) is 11.1 Å². The van der Waals surface area contributed by atoms with E-state index in [9.17, 15) is 18.0 Å². The zero-order chi connectivity index (χ0) is 28.5. The van der Waals surface area contributed by atoms with Crippen LogP contribution in [0.3, 0.4) is 0 Å². The molecule has 40 heavy (non-hydrogen) atoms. The average molecular weight is 548 g/mol. The Morgan fingerprint density at radius 3 is 2.05 bits per heavy atom. The number of hydrogen-bond acceptors (Lipinski definition) is 4. The van der Waals surface area contributed by atoms with Crippen molar-refractivity contribution in [1.29, 1.82) is 0 Å². The van der Waals surface area contributed by atoms with E-state index in [-0.39, 0.29) is 36.8 Å². The second-order valence-electron chi connectivity index (χ2n) is 9.47. The Morgan fingerprint density at radius 2 is 1.40 bits per heavy atom. The molecule has 0 saturated heterocycles. The van der Waals surface area contributed by atoms with Crippen molar-refractivity contribution in [3.8, 4) is 16.9 Å². The van der Waals surface area contributed by atoms with Crippen molar-refractivity contribution in [1.82, 2.24) is 4.90 Å². The molecule has 4 aromatic rings. The molecule has 0 saturated carbocycles. The molecule has 0 aliphatic heterocycles. The summed E-state index contributed by atoms with van der Waals surface area (Å²) in [4.78, 5) is 15.2. The third-order valence-corrected chi connectivity index (χ3v) is 6.73. The number of carbonyl (C=O) groups excluding carboxylic acids is 1. The van der Waals surface area contributed by atoms with Crippen molar-refractivity contribution in [3.63, 3.8) is 0 Å². The second-order valence-corrected chi connectivity index (χ2v) is 9.47. The molecular formula is C33H32F3NO3. The second kappa shape index (κ2) is 13.3. The molecule has 0 N–H and O–H groups in total. The summed E-state index contributed by atoms with van der Waals surface area (Å²) >= 11 is 0. The first-order valence-electron chi connectivity index (χ1n) is 13.2. The first-order chi connectivity index (χ1) is 19.2. The van der Waals surface area contributed by atoms with Crippen molar-refractivity contribution in [3.05, 3.63) is 126 Å². The summed E-state index contributed by atoms with van der Waals surface area (Å²) in [5.74, 6) is -0.612. The molecule has 4 nitrogen and oxygen atoms in total. The molecule has 0 radical (unpaired) electrons. The number of ether oxygens (including phenoxy) is 2. The summed E-state index contributed by atoms with van der Waals surface area (Å²) in [5.41, 5.74) is 4.33. The maximum Gasteiger partial charge on any atom is 0.573 e. The zero-order valence-corrected chi connectivity index (χ0v) is 22.5. The van der Waals surface area contributed by atoms with Gasteiger partial charge in [0.25, 0.3) is 0 Å². The Bertz CT molecular complexity index is 1380. The number of hydrogen-bond donors (Lipinski definition) is 0. The highest BCUT2D eigenvalue weighted by atomic mass is 19.4. The van der Waals surface area contributed by atoms with Crippen LogP contribution in [0, 0.1) is 0 Å². The van der Waals surface area contributed by atoms with Crippen LogP contribution in [0.1, 0.15) is 49.0 Å². The molecule has 0 fully saturated rings. The van der Waals surface area contributed by atoms with Crippen LogP contribution in [-0.2, 0) is 16.1 Å². The molecule has 2 atom stereocenters. The molecule has 0 spiro atoms. The Labute approximate surface area is 233 Å². The van der Waals surface area contributed by atoms with Gasteiger partial charge in [-0.05, 0) is 59.9 Å². The van der Waals surface area contributed by atoms with Crippen molar-refractivity contribution in [2.24, 2.45) is 0 Å². The number of halogens is 3. The third kappa shape index (κ3) is 7.96. The summed E-state index contributed by atoms with van der Waals surface area (Å²) in [7, 11) is 0. The number of alkyl halides is 3. The van der Waals surface area contributed by atoms with Crippen LogP contribution >= 0.6 is 0 Å². The van der Waals surface area contributed by atoms with Crippen LogP contribution in [-0.4, -0.2) is 23.8 Å². The van der Waals surface area contributed by atoms with Gasteiger partial charge < -0.3 is 9.47 Å². The van der Waals surface area contributed by atoms with Gasteiger partial charge in [0.05, 0.1) is 13.0 Å². The Balaban J connectivity index is 1.77. The molecule has 0 aliphatic rings. The van der Waals surface area contributed by atoms with Gasteiger partial charge in [0.1, 0.15) is 5.75 Å². The quantitative estimate of drug-likeness (QED) is 0.177. The van der Waals surface area contributed by atoms with Gasteiger partial charge in [-0.15, -0.1) is 13.2 Å². The third-order valence-electron chi connectivity index (χ3n) is 6.73. The smallest absolute Gasteiger partial charge is 0.466 e. The van der Waals surface area contributed by atoms with Gasteiger partial charge in [0.2, 0.25) is 0 Å². The molecule has 0 aromatic heterocycles. The summed E-state index contributed by atoms with van der Waals surface area (Å²) < 4.78 is 48.0. The minimum atomic E-state index is -4.78. The fourth-order valence-corrected chi connectivity index (χ4v) is 4.84. The van der Waals surface area contributed by atoms with E-state index in [2.05, 4.69) is 40.8 Å². The van der Waals surface area contributed by atoms with Gasteiger partial charge >= 0.3 is 12.3 Å². The number of nitrogens with zero attached hydrogens (tertiary/aromatic N) is 1. The SMILES string of the molecule is CCOC(=O)C[C@@H](c1cccc(-c2cccc(OC(F)(F)F)c2)c1)N(Cc1ccccc1)[C@H](C)c1ccccc1. The topological polar surface area (TPSA) is 38.8 Å². The minimum absolute atomic E-state index is 0.0620. The molecule has 0 unspecified atom stereocenters. The predicted octanol–water partition coefficient (Wildman–Crippen LogP) is 8.51. The fraction of sp³-hybridized carbons (Fsp3) is 0.242.